The third kappa shape index (κ3) is 4.85. The van der Waals surface area contributed by atoms with Gasteiger partial charge in [-0.2, -0.15) is 4.98 Å². The van der Waals surface area contributed by atoms with Crippen molar-refractivity contribution in [1.29, 1.82) is 0 Å². The van der Waals surface area contributed by atoms with Crippen LogP contribution in [0.2, 0.25) is 0 Å². The second-order valence-corrected chi connectivity index (χ2v) is 8.36. The van der Waals surface area contributed by atoms with E-state index in [0.717, 1.165) is 54.7 Å². The van der Waals surface area contributed by atoms with Crippen LogP contribution in [0, 0.1) is 0 Å². The lowest BCUT2D eigenvalue weighted by Crippen LogP contribution is -2.23. The van der Waals surface area contributed by atoms with Crippen LogP contribution in [-0.2, 0) is 19.3 Å². The van der Waals surface area contributed by atoms with E-state index in [1.165, 1.54) is 16.9 Å². The van der Waals surface area contributed by atoms with Gasteiger partial charge in [-0.3, -0.25) is 4.79 Å². The van der Waals surface area contributed by atoms with Gasteiger partial charge >= 0.3 is 0 Å². The van der Waals surface area contributed by atoms with Crippen LogP contribution in [0.25, 0.3) is 11.4 Å². The van der Waals surface area contributed by atoms with Gasteiger partial charge in [0, 0.05) is 23.4 Å². The molecule has 0 spiro atoms. The first-order valence-corrected chi connectivity index (χ1v) is 10.9. The number of carbonyl (C=O) groups is 1. The number of methoxy groups -OCH3 is 1. The van der Waals surface area contributed by atoms with Crippen LogP contribution in [0.3, 0.4) is 0 Å². The topological polar surface area (TPSA) is 77.3 Å². The SMILES string of the molecule is COc1ccc(-c2noc(CCCCCNC(=O)c3cc4c(s3)CCC4)n2)cc1. The number of amides is 1. The summed E-state index contributed by atoms with van der Waals surface area (Å²) in [6.07, 6.45) is 7.11. The standard InChI is InChI=1S/C22H25N3O3S/c1-27-17-11-9-15(10-12-17)21-24-20(28-25-21)8-3-2-4-13-23-22(26)19-14-16-6-5-7-18(16)29-19/h9-12,14H,2-8,13H2,1H3,(H,23,26). The number of aromatic nitrogens is 2. The monoisotopic (exact) mass is 411 g/mol. The van der Waals surface area contributed by atoms with Crippen LogP contribution < -0.4 is 10.1 Å². The lowest BCUT2D eigenvalue weighted by atomic mass is 10.2. The highest BCUT2D eigenvalue weighted by molar-refractivity contribution is 7.14. The Kier molecular flexibility index (Phi) is 6.24. The van der Waals surface area contributed by atoms with Crippen LogP contribution in [0.4, 0.5) is 0 Å². The summed E-state index contributed by atoms with van der Waals surface area (Å²) < 4.78 is 10.5. The number of carbonyl (C=O) groups excluding carboxylic acids is 1. The van der Waals surface area contributed by atoms with Gasteiger partial charge in [-0.1, -0.05) is 11.6 Å². The third-order valence-electron chi connectivity index (χ3n) is 5.14. The molecule has 0 aliphatic heterocycles. The molecule has 0 atom stereocenters. The first-order valence-electron chi connectivity index (χ1n) is 10.1. The highest BCUT2D eigenvalue weighted by Gasteiger charge is 2.18. The van der Waals surface area contributed by atoms with Gasteiger partial charge in [0.1, 0.15) is 5.75 Å². The summed E-state index contributed by atoms with van der Waals surface area (Å²) in [5, 5.41) is 7.08. The number of thiophene rings is 1. The summed E-state index contributed by atoms with van der Waals surface area (Å²) in [5.74, 6) is 2.10. The Bertz CT molecular complexity index is 941. The normalized spacial score (nSPS) is 12.7. The molecule has 1 aliphatic rings. The maximum Gasteiger partial charge on any atom is 0.261 e. The van der Waals surface area contributed by atoms with Gasteiger partial charge < -0.3 is 14.6 Å². The molecule has 0 saturated carbocycles. The number of fused-ring (bicyclic) bond motifs is 1. The summed E-state index contributed by atoms with van der Waals surface area (Å²) in [6.45, 7) is 0.697. The average molecular weight is 412 g/mol. The molecule has 0 radical (unpaired) electrons. The minimum atomic E-state index is 0.0606. The van der Waals surface area contributed by atoms with E-state index in [9.17, 15) is 4.79 Å². The number of nitrogens with one attached hydrogen (secondary N) is 1. The number of benzene rings is 1. The second kappa shape index (κ2) is 9.22. The molecule has 1 amide bonds. The lowest BCUT2D eigenvalue weighted by Gasteiger charge is -2.03. The van der Waals surface area contributed by atoms with Gasteiger partial charge in [-0.25, -0.2) is 0 Å². The number of ether oxygens (including phenoxy) is 1. The fourth-order valence-electron chi connectivity index (χ4n) is 3.52. The fourth-order valence-corrected chi connectivity index (χ4v) is 4.69. The molecule has 1 aromatic carbocycles. The van der Waals surface area contributed by atoms with Crippen LogP contribution in [-0.4, -0.2) is 29.7 Å². The van der Waals surface area contributed by atoms with E-state index in [2.05, 4.69) is 21.5 Å². The van der Waals surface area contributed by atoms with Crippen molar-refractivity contribution >= 4 is 17.2 Å². The molecular formula is C22H25N3O3S. The maximum absolute atomic E-state index is 12.2. The van der Waals surface area contributed by atoms with Gasteiger partial charge in [-0.05, 0) is 68.0 Å². The van der Waals surface area contributed by atoms with Gasteiger partial charge in [-0.15, -0.1) is 11.3 Å². The molecule has 2 heterocycles. The molecule has 152 valence electrons. The molecule has 1 N–H and O–H groups in total. The summed E-state index contributed by atoms with van der Waals surface area (Å²) in [5.41, 5.74) is 2.27. The summed E-state index contributed by atoms with van der Waals surface area (Å²) in [4.78, 5) is 18.9. The summed E-state index contributed by atoms with van der Waals surface area (Å²) in [7, 11) is 1.64. The van der Waals surface area contributed by atoms with Crippen LogP contribution in [0.15, 0.2) is 34.9 Å². The largest absolute Gasteiger partial charge is 0.497 e. The van der Waals surface area contributed by atoms with Crippen LogP contribution in [0.5, 0.6) is 5.75 Å². The van der Waals surface area contributed by atoms with E-state index >= 15 is 0 Å². The highest BCUT2D eigenvalue weighted by atomic mass is 32.1. The van der Waals surface area contributed by atoms with Crippen molar-refractivity contribution < 1.29 is 14.1 Å². The number of rotatable bonds is 9. The van der Waals surface area contributed by atoms with Crippen LogP contribution >= 0.6 is 11.3 Å². The fraction of sp³-hybridized carbons (Fsp3) is 0.409. The Balaban J connectivity index is 1.15. The Hall–Kier alpha value is -2.67. The van der Waals surface area contributed by atoms with Crippen molar-refractivity contribution in [2.24, 2.45) is 0 Å². The van der Waals surface area contributed by atoms with Crippen molar-refractivity contribution in [2.75, 3.05) is 13.7 Å². The van der Waals surface area contributed by atoms with Crippen LogP contribution in [0.1, 0.15) is 51.7 Å². The molecule has 0 unspecified atom stereocenters. The van der Waals surface area contributed by atoms with Crippen molar-refractivity contribution in [2.45, 2.75) is 44.9 Å². The van der Waals surface area contributed by atoms with E-state index in [-0.39, 0.29) is 5.91 Å². The van der Waals surface area contributed by atoms with Crippen molar-refractivity contribution in [3.05, 3.63) is 51.5 Å². The number of nitrogens with zero attached hydrogens (tertiary/aromatic N) is 2. The Labute approximate surface area is 174 Å². The van der Waals surface area contributed by atoms with E-state index in [1.807, 2.05) is 24.3 Å². The zero-order valence-electron chi connectivity index (χ0n) is 16.6. The number of hydrogen-bond donors (Lipinski definition) is 1. The summed E-state index contributed by atoms with van der Waals surface area (Å²) in [6, 6.07) is 9.65. The molecule has 0 bridgehead atoms. The molecule has 6 nitrogen and oxygen atoms in total. The second-order valence-electron chi connectivity index (χ2n) is 7.22. The summed E-state index contributed by atoms with van der Waals surface area (Å²) >= 11 is 1.65. The first kappa shape index (κ1) is 19.6. The smallest absolute Gasteiger partial charge is 0.261 e. The lowest BCUT2D eigenvalue weighted by molar-refractivity contribution is 0.0957. The minimum absolute atomic E-state index is 0.0606. The zero-order valence-corrected chi connectivity index (χ0v) is 17.4. The van der Waals surface area contributed by atoms with Gasteiger partial charge in [0.2, 0.25) is 11.7 Å². The molecule has 3 aromatic rings. The molecule has 2 aromatic heterocycles. The maximum atomic E-state index is 12.2. The van der Waals surface area contributed by atoms with E-state index in [1.54, 1.807) is 18.4 Å². The average Bonchev–Trinajstić information content (AvgIpc) is 3.46. The molecule has 29 heavy (non-hydrogen) atoms. The first-order chi connectivity index (χ1) is 14.2. The van der Waals surface area contributed by atoms with E-state index in [0.29, 0.717) is 18.3 Å². The van der Waals surface area contributed by atoms with E-state index in [4.69, 9.17) is 9.26 Å². The van der Waals surface area contributed by atoms with Crippen molar-refractivity contribution in [3.63, 3.8) is 0 Å². The number of hydrogen-bond acceptors (Lipinski definition) is 6. The predicted octanol–water partition coefficient (Wildman–Crippen LogP) is 4.44. The zero-order chi connectivity index (χ0) is 20.1. The quantitative estimate of drug-likeness (QED) is 0.527. The Morgan fingerprint density at radius 3 is 2.86 bits per heavy atom. The van der Waals surface area contributed by atoms with Gasteiger partial charge in [0.05, 0.1) is 12.0 Å². The predicted molar refractivity (Wildman–Crippen MR) is 113 cm³/mol. The highest BCUT2D eigenvalue weighted by Crippen LogP contribution is 2.30. The van der Waals surface area contributed by atoms with Gasteiger partial charge in [0.15, 0.2) is 0 Å². The molecule has 0 fully saturated rings. The third-order valence-corrected chi connectivity index (χ3v) is 6.38. The molecule has 1 aliphatic carbocycles. The number of unbranched alkanes of at least 4 members (excludes halogenated alkanes) is 2. The minimum Gasteiger partial charge on any atom is -0.497 e. The molecule has 4 rings (SSSR count). The Morgan fingerprint density at radius 2 is 2.07 bits per heavy atom. The number of aryl methyl sites for hydroxylation is 3. The van der Waals surface area contributed by atoms with Crippen molar-refractivity contribution in [3.8, 4) is 17.1 Å². The molecular weight excluding hydrogens is 386 g/mol. The molecule has 0 saturated heterocycles. The van der Waals surface area contributed by atoms with E-state index < -0.39 is 0 Å². The van der Waals surface area contributed by atoms with Crippen molar-refractivity contribution in [1.82, 2.24) is 15.5 Å². The van der Waals surface area contributed by atoms with Gasteiger partial charge in [0.25, 0.3) is 5.91 Å². The molecule has 7 heteroatoms. The Morgan fingerprint density at radius 1 is 1.21 bits per heavy atom.